The molecule has 1 heterocycles. The second-order valence-electron chi connectivity index (χ2n) is 6.37. The van der Waals surface area contributed by atoms with Crippen molar-refractivity contribution >= 4 is 23.2 Å². The van der Waals surface area contributed by atoms with Gasteiger partial charge in [0, 0.05) is 11.8 Å². The molecule has 0 bridgehead atoms. The number of benzene rings is 1. The van der Waals surface area contributed by atoms with Gasteiger partial charge in [0.25, 0.3) is 5.91 Å². The third kappa shape index (κ3) is 3.48. The van der Waals surface area contributed by atoms with Crippen LogP contribution in [0, 0.1) is 6.92 Å². The van der Waals surface area contributed by atoms with Crippen molar-refractivity contribution in [1.82, 2.24) is 9.78 Å². The van der Waals surface area contributed by atoms with Crippen LogP contribution in [0.3, 0.4) is 0 Å². The van der Waals surface area contributed by atoms with Gasteiger partial charge in [-0.1, -0.05) is 11.6 Å². The van der Waals surface area contributed by atoms with E-state index in [0.717, 1.165) is 5.69 Å². The average Bonchev–Trinajstić information content (AvgIpc) is 2.89. The van der Waals surface area contributed by atoms with Crippen LogP contribution in [0.5, 0.6) is 11.5 Å². The van der Waals surface area contributed by atoms with Gasteiger partial charge < -0.3 is 14.8 Å². The Morgan fingerprint density at radius 3 is 2.33 bits per heavy atom. The highest BCUT2D eigenvalue weighted by Crippen LogP contribution is 2.36. The van der Waals surface area contributed by atoms with E-state index in [9.17, 15) is 4.79 Å². The summed E-state index contributed by atoms with van der Waals surface area (Å²) in [6.45, 7) is 7.95. The third-order valence-electron chi connectivity index (χ3n) is 3.61. The number of amides is 1. The number of hydrogen-bond acceptors (Lipinski definition) is 4. The highest BCUT2D eigenvalue weighted by atomic mass is 35.5. The van der Waals surface area contributed by atoms with Crippen molar-refractivity contribution in [3.63, 3.8) is 0 Å². The van der Waals surface area contributed by atoms with Crippen LogP contribution >= 0.6 is 11.6 Å². The van der Waals surface area contributed by atoms with E-state index in [0.29, 0.717) is 27.8 Å². The molecule has 1 aromatic carbocycles. The fourth-order valence-electron chi connectivity index (χ4n) is 2.46. The lowest BCUT2D eigenvalue weighted by Gasteiger charge is -2.21. The van der Waals surface area contributed by atoms with Crippen molar-refractivity contribution in [2.45, 2.75) is 33.2 Å². The van der Waals surface area contributed by atoms with Crippen molar-refractivity contribution in [2.75, 3.05) is 19.5 Å². The predicted molar refractivity (Wildman–Crippen MR) is 94.5 cm³/mol. The van der Waals surface area contributed by atoms with E-state index in [-0.39, 0.29) is 11.4 Å². The van der Waals surface area contributed by atoms with Gasteiger partial charge in [0.15, 0.2) is 0 Å². The lowest BCUT2D eigenvalue weighted by Crippen LogP contribution is -2.25. The molecule has 2 rings (SSSR count). The molecule has 2 aromatic rings. The van der Waals surface area contributed by atoms with Gasteiger partial charge in [-0.3, -0.25) is 9.48 Å². The standard InChI is InChI=1S/C17H22ClN3O3/c1-10-11(9-19-21(10)17(2,3)4)16(22)20-13-7-12(18)14(23-5)8-15(13)24-6/h7-9H,1-6H3,(H,20,22). The summed E-state index contributed by atoms with van der Waals surface area (Å²) < 4.78 is 12.3. The SMILES string of the molecule is COc1cc(OC)c(NC(=O)c2cnn(C(C)(C)C)c2C)cc1Cl. The molecule has 7 heteroatoms. The molecule has 1 N–H and O–H groups in total. The molecule has 1 aromatic heterocycles. The third-order valence-corrected chi connectivity index (χ3v) is 3.91. The van der Waals surface area contributed by atoms with Crippen LogP contribution in [-0.2, 0) is 5.54 Å². The van der Waals surface area contributed by atoms with Gasteiger partial charge in [0.1, 0.15) is 11.5 Å². The summed E-state index contributed by atoms with van der Waals surface area (Å²) >= 11 is 6.13. The molecule has 0 aliphatic rings. The normalized spacial score (nSPS) is 11.3. The molecule has 0 spiro atoms. The minimum atomic E-state index is -0.275. The van der Waals surface area contributed by atoms with E-state index in [1.54, 1.807) is 18.3 Å². The van der Waals surface area contributed by atoms with E-state index >= 15 is 0 Å². The summed E-state index contributed by atoms with van der Waals surface area (Å²) in [4.78, 5) is 12.6. The topological polar surface area (TPSA) is 65.4 Å². The van der Waals surface area contributed by atoms with Gasteiger partial charge in [0.2, 0.25) is 0 Å². The summed E-state index contributed by atoms with van der Waals surface area (Å²) in [5.41, 5.74) is 1.55. The number of hydrogen-bond donors (Lipinski definition) is 1. The van der Waals surface area contributed by atoms with E-state index in [1.807, 2.05) is 32.4 Å². The first-order valence-electron chi connectivity index (χ1n) is 7.47. The number of rotatable bonds is 4. The van der Waals surface area contributed by atoms with Crippen molar-refractivity contribution in [3.05, 3.63) is 34.6 Å². The Labute approximate surface area is 146 Å². The molecular formula is C17H22ClN3O3. The molecule has 0 radical (unpaired) electrons. The molecular weight excluding hydrogens is 330 g/mol. The lowest BCUT2D eigenvalue weighted by atomic mass is 10.1. The van der Waals surface area contributed by atoms with Gasteiger partial charge in [-0.2, -0.15) is 5.10 Å². The number of carbonyl (C=O) groups is 1. The molecule has 6 nitrogen and oxygen atoms in total. The summed E-state index contributed by atoms with van der Waals surface area (Å²) in [5, 5.41) is 7.52. The van der Waals surface area contributed by atoms with E-state index in [4.69, 9.17) is 21.1 Å². The van der Waals surface area contributed by atoms with Gasteiger partial charge >= 0.3 is 0 Å². The number of carbonyl (C=O) groups excluding carboxylic acids is 1. The van der Waals surface area contributed by atoms with E-state index in [1.165, 1.54) is 14.2 Å². The quantitative estimate of drug-likeness (QED) is 0.908. The van der Waals surface area contributed by atoms with Gasteiger partial charge in [-0.05, 0) is 33.8 Å². The first-order chi connectivity index (χ1) is 11.2. The van der Waals surface area contributed by atoms with Crippen LogP contribution in [0.1, 0.15) is 36.8 Å². The monoisotopic (exact) mass is 351 g/mol. The Morgan fingerprint density at radius 2 is 1.83 bits per heavy atom. The molecule has 1 amide bonds. The number of halogens is 1. The largest absolute Gasteiger partial charge is 0.495 e. The second kappa shape index (κ2) is 6.73. The van der Waals surface area contributed by atoms with Gasteiger partial charge in [0.05, 0.1) is 42.2 Å². The van der Waals surface area contributed by atoms with Crippen molar-refractivity contribution in [2.24, 2.45) is 0 Å². The fourth-order valence-corrected chi connectivity index (χ4v) is 2.70. The van der Waals surface area contributed by atoms with Crippen molar-refractivity contribution in [1.29, 1.82) is 0 Å². The maximum atomic E-state index is 12.6. The average molecular weight is 352 g/mol. The molecule has 0 aliphatic heterocycles. The number of methoxy groups -OCH3 is 2. The number of ether oxygens (including phenoxy) is 2. The van der Waals surface area contributed by atoms with Gasteiger partial charge in [-0.15, -0.1) is 0 Å². The van der Waals surface area contributed by atoms with Crippen LogP contribution in [0.4, 0.5) is 5.69 Å². The smallest absolute Gasteiger partial charge is 0.259 e. The number of nitrogens with one attached hydrogen (secondary N) is 1. The Hall–Kier alpha value is -2.21. The number of aromatic nitrogens is 2. The summed E-state index contributed by atoms with van der Waals surface area (Å²) in [5.74, 6) is 0.663. The predicted octanol–water partition coefficient (Wildman–Crippen LogP) is 3.87. The molecule has 0 fully saturated rings. The van der Waals surface area contributed by atoms with Crippen molar-refractivity contribution < 1.29 is 14.3 Å². The Balaban J connectivity index is 2.34. The lowest BCUT2D eigenvalue weighted by molar-refractivity contribution is 0.102. The molecule has 0 aliphatic carbocycles. The molecule has 24 heavy (non-hydrogen) atoms. The Bertz CT molecular complexity index is 763. The zero-order valence-electron chi connectivity index (χ0n) is 14.7. The molecule has 0 unspecified atom stereocenters. The zero-order valence-corrected chi connectivity index (χ0v) is 15.5. The number of nitrogens with zero attached hydrogens (tertiary/aromatic N) is 2. The van der Waals surface area contributed by atoms with Crippen LogP contribution in [-0.4, -0.2) is 29.9 Å². The highest BCUT2D eigenvalue weighted by molar-refractivity contribution is 6.32. The Morgan fingerprint density at radius 1 is 1.21 bits per heavy atom. The molecule has 0 saturated carbocycles. The second-order valence-corrected chi connectivity index (χ2v) is 6.77. The summed E-state index contributed by atoms with van der Waals surface area (Å²) in [6, 6.07) is 3.23. The molecule has 130 valence electrons. The molecule has 0 atom stereocenters. The summed E-state index contributed by atoms with van der Waals surface area (Å²) in [7, 11) is 3.03. The highest BCUT2D eigenvalue weighted by Gasteiger charge is 2.22. The maximum absolute atomic E-state index is 12.6. The van der Waals surface area contributed by atoms with E-state index < -0.39 is 0 Å². The van der Waals surface area contributed by atoms with Crippen LogP contribution in [0.25, 0.3) is 0 Å². The van der Waals surface area contributed by atoms with Crippen LogP contribution < -0.4 is 14.8 Å². The van der Waals surface area contributed by atoms with Crippen LogP contribution in [0.15, 0.2) is 18.3 Å². The fraction of sp³-hybridized carbons (Fsp3) is 0.412. The molecule has 0 saturated heterocycles. The van der Waals surface area contributed by atoms with Crippen LogP contribution in [0.2, 0.25) is 5.02 Å². The number of anilines is 1. The van der Waals surface area contributed by atoms with Gasteiger partial charge in [-0.25, -0.2) is 0 Å². The summed E-state index contributed by atoms with van der Waals surface area (Å²) in [6.07, 6.45) is 1.56. The Kier molecular flexibility index (Phi) is 5.08. The van der Waals surface area contributed by atoms with E-state index in [2.05, 4.69) is 10.4 Å². The first-order valence-corrected chi connectivity index (χ1v) is 7.84. The maximum Gasteiger partial charge on any atom is 0.259 e. The first kappa shape index (κ1) is 18.1. The van der Waals surface area contributed by atoms with Crippen molar-refractivity contribution in [3.8, 4) is 11.5 Å². The minimum absolute atomic E-state index is 0.205. The minimum Gasteiger partial charge on any atom is -0.495 e. The zero-order chi connectivity index (χ0) is 18.1.